The number of benzene rings is 3. The van der Waals surface area contributed by atoms with Gasteiger partial charge in [0, 0.05) is 21.3 Å². The molecule has 0 aromatic heterocycles. The summed E-state index contributed by atoms with van der Waals surface area (Å²) in [5.41, 5.74) is 1.64. The Morgan fingerprint density at radius 3 is 2.39 bits per heavy atom. The van der Waals surface area contributed by atoms with E-state index in [9.17, 15) is 4.79 Å². The van der Waals surface area contributed by atoms with Crippen LogP contribution < -0.4 is 5.32 Å². The van der Waals surface area contributed by atoms with Crippen molar-refractivity contribution in [3.05, 3.63) is 82.3 Å². The molecule has 0 spiro atoms. The summed E-state index contributed by atoms with van der Waals surface area (Å²) in [6, 6.07) is 21.1. The van der Waals surface area contributed by atoms with Crippen molar-refractivity contribution in [2.45, 2.75) is 6.04 Å². The molecule has 23 heavy (non-hydrogen) atoms. The fraction of sp³-hybridized carbons (Fsp3) is 0.105. The summed E-state index contributed by atoms with van der Waals surface area (Å²) in [6.45, 7) is 0. The van der Waals surface area contributed by atoms with Gasteiger partial charge in [0.1, 0.15) is 0 Å². The predicted molar refractivity (Wildman–Crippen MR) is 99.0 cm³/mol. The molecule has 0 aliphatic rings. The zero-order valence-corrected chi connectivity index (χ0v) is 14.6. The van der Waals surface area contributed by atoms with Crippen LogP contribution in [0.5, 0.6) is 0 Å². The fourth-order valence-corrected chi connectivity index (χ4v) is 3.47. The van der Waals surface area contributed by atoms with Crippen molar-refractivity contribution < 1.29 is 4.79 Å². The van der Waals surface area contributed by atoms with Crippen LogP contribution in [0, 0.1) is 0 Å². The Hall–Kier alpha value is -1.84. The standard InChI is InChI=1S/C19H15BrClNO/c20-16-11-5-9-14-8-4-10-15(18(14)16)19(23)22-17(12-21)13-6-2-1-3-7-13/h1-11,17H,12H2,(H,22,23). The van der Waals surface area contributed by atoms with Gasteiger partial charge in [-0.1, -0.05) is 70.5 Å². The lowest BCUT2D eigenvalue weighted by atomic mass is 10.0. The van der Waals surface area contributed by atoms with E-state index < -0.39 is 0 Å². The lowest BCUT2D eigenvalue weighted by Crippen LogP contribution is -2.29. The summed E-state index contributed by atoms with van der Waals surface area (Å²) < 4.78 is 0.905. The van der Waals surface area contributed by atoms with Crippen LogP contribution in [-0.4, -0.2) is 11.8 Å². The van der Waals surface area contributed by atoms with Gasteiger partial charge in [-0.15, -0.1) is 11.6 Å². The molecule has 0 saturated carbocycles. The summed E-state index contributed by atoms with van der Waals surface area (Å²) in [6.07, 6.45) is 0. The highest BCUT2D eigenvalue weighted by Gasteiger charge is 2.17. The third-order valence-corrected chi connectivity index (χ3v) is 4.73. The second kappa shape index (κ2) is 7.16. The minimum absolute atomic E-state index is 0.128. The highest BCUT2D eigenvalue weighted by molar-refractivity contribution is 9.10. The van der Waals surface area contributed by atoms with Crippen molar-refractivity contribution in [2.75, 3.05) is 5.88 Å². The molecule has 1 amide bonds. The summed E-state index contributed by atoms with van der Waals surface area (Å²) in [7, 11) is 0. The van der Waals surface area contributed by atoms with Crippen molar-refractivity contribution in [1.82, 2.24) is 5.32 Å². The quantitative estimate of drug-likeness (QED) is 0.603. The highest BCUT2D eigenvalue weighted by atomic mass is 79.9. The van der Waals surface area contributed by atoms with Crippen LogP contribution in [-0.2, 0) is 0 Å². The van der Waals surface area contributed by atoms with Crippen LogP contribution in [0.4, 0.5) is 0 Å². The Balaban J connectivity index is 1.95. The molecule has 1 unspecified atom stereocenters. The second-order valence-electron chi connectivity index (χ2n) is 5.23. The second-order valence-corrected chi connectivity index (χ2v) is 6.40. The largest absolute Gasteiger partial charge is 0.344 e. The topological polar surface area (TPSA) is 29.1 Å². The van der Waals surface area contributed by atoms with Gasteiger partial charge in [0.25, 0.3) is 5.91 Å². The highest BCUT2D eigenvalue weighted by Crippen LogP contribution is 2.27. The van der Waals surface area contributed by atoms with Gasteiger partial charge in [-0.2, -0.15) is 0 Å². The number of carbonyl (C=O) groups is 1. The Morgan fingerprint density at radius 2 is 1.70 bits per heavy atom. The predicted octanol–water partition coefficient (Wildman–Crippen LogP) is 5.31. The molecule has 0 radical (unpaired) electrons. The van der Waals surface area contributed by atoms with Crippen molar-refractivity contribution in [1.29, 1.82) is 0 Å². The molecule has 1 N–H and O–H groups in total. The zero-order valence-electron chi connectivity index (χ0n) is 12.3. The van der Waals surface area contributed by atoms with E-state index >= 15 is 0 Å². The van der Waals surface area contributed by atoms with E-state index in [2.05, 4.69) is 21.2 Å². The summed E-state index contributed by atoms with van der Waals surface area (Å²) >= 11 is 9.60. The number of fused-ring (bicyclic) bond motifs is 1. The number of nitrogens with one attached hydrogen (secondary N) is 1. The van der Waals surface area contributed by atoms with Gasteiger partial charge < -0.3 is 5.32 Å². The van der Waals surface area contributed by atoms with Crippen LogP contribution in [0.25, 0.3) is 10.8 Å². The number of alkyl halides is 1. The van der Waals surface area contributed by atoms with E-state index in [1.807, 2.05) is 66.7 Å². The van der Waals surface area contributed by atoms with Crippen molar-refractivity contribution in [2.24, 2.45) is 0 Å². The first-order valence-corrected chi connectivity index (χ1v) is 8.62. The van der Waals surface area contributed by atoms with Gasteiger partial charge in [-0.25, -0.2) is 0 Å². The molecule has 0 fully saturated rings. The number of carbonyl (C=O) groups excluding carboxylic acids is 1. The van der Waals surface area contributed by atoms with E-state index in [0.29, 0.717) is 11.4 Å². The number of halogens is 2. The van der Waals surface area contributed by atoms with Crippen LogP contribution >= 0.6 is 27.5 Å². The summed E-state index contributed by atoms with van der Waals surface area (Å²) in [5, 5.41) is 4.96. The van der Waals surface area contributed by atoms with Crippen LogP contribution in [0.1, 0.15) is 22.0 Å². The first-order chi connectivity index (χ1) is 11.2. The summed E-state index contributed by atoms with van der Waals surface area (Å²) in [4.78, 5) is 12.8. The molecule has 3 aromatic rings. The number of rotatable bonds is 4. The SMILES string of the molecule is O=C(NC(CCl)c1ccccc1)c1cccc2cccc(Br)c12. The maximum absolute atomic E-state index is 12.8. The molecule has 4 heteroatoms. The van der Waals surface area contributed by atoms with E-state index in [4.69, 9.17) is 11.6 Å². The van der Waals surface area contributed by atoms with Crippen LogP contribution in [0.3, 0.4) is 0 Å². The Labute approximate surface area is 148 Å². The minimum atomic E-state index is -0.219. The molecule has 0 aliphatic carbocycles. The maximum atomic E-state index is 12.8. The first-order valence-electron chi connectivity index (χ1n) is 7.29. The van der Waals surface area contributed by atoms with Crippen molar-refractivity contribution >= 4 is 44.2 Å². The molecule has 116 valence electrons. The van der Waals surface area contributed by atoms with E-state index in [1.54, 1.807) is 0 Å². The normalized spacial score (nSPS) is 12.1. The first kappa shape index (κ1) is 16.0. The molecular formula is C19H15BrClNO. The van der Waals surface area contributed by atoms with Gasteiger partial charge in [0.15, 0.2) is 0 Å². The fourth-order valence-electron chi connectivity index (χ4n) is 2.62. The molecule has 3 rings (SSSR count). The third kappa shape index (κ3) is 3.41. The van der Waals surface area contributed by atoms with Gasteiger partial charge in [0.2, 0.25) is 0 Å². The van der Waals surface area contributed by atoms with E-state index in [1.165, 1.54) is 0 Å². The van der Waals surface area contributed by atoms with Gasteiger partial charge in [-0.05, 0) is 23.1 Å². The monoisotopic (exact) mass is 387 g/mol. The van der Waals surface area contributed by atoms with Gasteiger partial charge in [0.05, 0.1) is 6.04 Å². The van der Waals surface area contributed by atoms with Crippen LogP contribution in [0.2, 0.25) is 0 Å². The van der Waals surface area contributed by atoms with Gasteiger partial charge in [-0.3, -0.25) is 4.79 Å². The van der Waals surface area contributed by atoms with Crippen molar-refractivity contribution in [3.63, 3.8) is 0 Å². The molecule has 1 atom stereocenters. The smallest absolute Gasteiger partial charge is 0.252 e. The third-order valence-electron chi connectivity index (χ3n) is 3.76. The molecular weight excluding hydrogens is 374 g/mol. The minimum Gasteiger partial charge on any atom is -0.344 e. The molecule has 3 aromatic carbocycles. The van der Waals surface area contributed by atoms with E-state index in [0.717, 1.165) is 20.8 Å². The number of hydrogen-bond acceptors (Lipinski definition) is 1. The Bertz CT molecular complexity index is 830. The zero-order chi connectivity index (χ0) is 16.2. The number of hydrogen-bond donors (Lipinski definition) is 1. The molecule has 0 bridgehead atoms. The molecule has 0 aliphatic heterocycles. The Kier molecular flexibility index (Phi) is 4.99. The van der Waals surface area contributed by atoms with Crippen molar-refractivity contribution in [3.8, 4) is 0 Å². The lowest BCUT2D eigenvalue weighted by molar-refractivity contribution is 0.0942. The average molecular weight is 389 g/mol. The summed E-state index contributed by atoms with van der Waals surface area (Å²) in [5.74, 6) is 0.193. The average Bonchev–Trinajstić information content (AvgIpc) is 2.60. The van der Waals surface area contributed by atoms with Gasteiger partial charge >= 0.3 is 0 Å². The maximum Gasteiger partial charge on any atom is 0.252 e. The van der Waals surface area contributed by atoms with Crippen LogP contribution in [0.15, 0.2) is 71.2 Å². The number of amides is 1. The molecule has 2 nitrogen and oxygen atoms in total. The lowest BCUT2D eigenvalue weighted by Gasteiger charge is -2.17. The molecule has 0 saturated heterocycles. The Morgan fingerprint density at radius 1 is 1.00 bits per heavy atom. The van der Waals surface area contributed by atoms with E-state index in [-0.39, 0.29) is 11.9 Å². The molecule has 0 heterocycles.